The second-order valence-electron chi connectivity index (χ2n) is 9.71. The third-order valence-electron chi connectivity index (χ3n) is 6.21. The fourth-order valence-electron chi connectivity index (χ4n) is 3.91. The van der Waals surface area contributed by atoms with Crippen LogP contribution in [0.1, 0.15) is 51.5 Å². The van der Waals surface area contributed by atoms with Crippen LogP contribution in [0.4, 0.5) is 0 Å². The van der Waals surface area contributed by atoms with E-state index in [1.165, 1.54) is 0 Å². The van der Waals surface area contributed by atoms with Crippen molar-refractivity contribution in [2.75, 3.05) is 33.0 Å². The van der Waals surface area contributed by atoms with Crippen molar-refractivity contribution in [3.8, 4) is 0 Å². The van der Waals surface area contributed by atoms with Crippen LogP contribution in [-0.2, 0) is 30.3 Å². The Kier molecular flexibility index (Phi) is 17.4. The molecule has 212 valence electrons. The van der Waals surface area contributed by atoms with E-state index < -0.39 is 5.92 Å². The van der Waals surface area contributed by atoms with Crippen LogP contribution in [-0.4, -0.2) is 61.9 Å². The predicted molar refractivity (Wildman–Crippen MR) is 149 cm³/mol. The molecule has 1 aromatic carbocycles. The number of carbonyl (C=O) groups excluding carboxylic acids is 3. The normalized spacial score (nSPS) is 13.3. The Morgan fingerprint density at radius 1 is 1.05 bits per heavy atom. The van der Waals surface area contributed by atoms with Gasteiger partial charge < -0.3 is 25.2 Å². The molecule has 0 saturated heterocycles. The van der Waals surface area contributed by atoms with Crippen LogP contribution in [0.15, 0.2) is 55.6 Å². The van der Waals surface area contributed by atoms with Crippen LogP contribution in [0.2, 0.25) is 0 Å². The van der Waals surface area contributed by atoms with Crippen LogP contribution < -0.4 is 10.6 Å². The molecule has 0 aromatic heterocycles. The van der Waals surface area contributed by atoms with E-state index >= 15 is 0 Å². The summed E-state index contributed by atoms with van der Waals surface area (Å²) in [6, 6.07) is 9.47. The summed E-state index contributed by atoms with van der Waals surface area (Å²) >= 11 is 0. The number of benzene rings is 1. The highest BCUT2D eigenvalue weighted by atomic mass is 16.5. The first-order chi connectivity index (χ1) is 18.3. The maximum Gasteiger partial charge on any atom is 0.309 e. The Balaban J connectivity index is 2.71. The largest absolute Gasteiger partial charge is 0.463 e. The van der Waals surface area contributed by atoms with E-state index in [0.717, 1.165) is 18.4 Å². The maximum atomic E-state index is 13.1. The molecule has 0 aliphatic rings. The van der Waals surface area contributed by atoms with Crippen molar-refractivity contribution in [3.63, 3.8) is 0 Å². The van der Waals surface area contributed by atoms with Crippen molar-refractivity contribution in [1.29, 1.82) is 0 Å². The van der Waals surface area contributed by atoms with Crippen molar-refractivity contribution in [1.82, 2.24) is 10.6 Å². The Bertz CT molecular complexity index is 842. The van der Waals surface area contributed by atoms with Crippen LogP contribution >= 0.6 is 0 Å². The molecule has 38 heavy (non-hydrogen) atoms. The van der Waals surface area contributed by atoms with E-state index in [0.29, 0.717) is 25.8 Å². The number of hydrogen-bond acceptors (Lipinski definition) is 6. The summed E-state index contributed by atoms with van der Waals surface area (Å²) in [7, 11) is 0. The first-order valence-corrected chi connectivity index (χ1v) is 13.5. The maximum absolute atomic E-state index is 13.1. The summed E-state index contributed by atoms with van der Waals surface area (Å²) in [4.78, 5) is 38.4. The van der Waals surface area contributed by atoms with Gasteiger partial charge in [-0.05, 0) is 43.6 Å². The summed E-state index contributed by atoms with van der Waals surface area (Å²) < 4.78 is 10.9. The van der Waals surface area contributed by atoms with Crippen molar-refractivity contribution in [2.24, 2.45) is 17.8 Å². The zero-order valence-electron chi connectivity index (χ0n) is 23.0. The van der Waals surface area contributed by atoms with E-state index in [9.17, 15) is 14.4 Å². The fourth-order valence-corrected chi connectivity index (χ4v) is 3.91. The van der Waals surface area contributed by atoms with Gasteiger partial charge in [-0.1, -0.05) is 56.3 Å². The number of aliphatic hydroxyl groups is 1. The van der Waals surface area contributed by atoms with E-state index in [-0.39, 0.29) is 68.5 Å². The van der Waals surface area contributed by atoms with Crippen LogP contribution in [0.3, 0.4) is 0 Å². The van der Waals surface area contributed by atoms with E-state index in [4.69, 9.17) is 14.6 Å². The minimum absolute atomic E-state index is 0.00487. The number of amides is 2. The number of aliphatic hydroxyl groups excluding tert-OH is 1. The molecular weight excluding hydrogens is 484 g/mol. The molecule has 0 fully saturated rings. The minimum atomic E-state index is -0.590. The molecule has 1 rings (SSSR count). The molecule has 0 saturated carbocycles. The molecule has 2 amide bonds. The number of hydrogen-bond donors (Lipinski definition) is 3. The van der Waals surface area contributed by atoms with Gasteiger partial charge in [0.25, 0.3) is 0 Å². The first kappa shape index (κ1) is 33.1. The Hall–Kier alpha value is -2.97. The summed E-state index contributed by atoms with van der Waals surface area (Å²) in [5, 5.41) is 14.4. The van der Waals surface area contributed by atoms with Gasteiger partial charge in [-0.15, -0.1) is 13.2 Å². The molecule has 3 N–H and O–H groups in total. The average molecular weight is 531 g/mol. The lowest BCUT2D eigenvalue weighted by Gasteiger charge is -2.26. The lowest BCUT2D eigenvalue weighted by atomic mass is 9.94. The number of nitrogens with one attached hydrogen (secondary N) is 2. The molecule has 3 atom stereocenters. The third-order valence-corrected chi connectivity index (χ3v) is 6.21. The number of ether oxygens (including phenoxy) is 2. The van der Waals surface area contributed by atoms with Gasteiger partial charge in [-0.3, -0.25) is 14.4 Å². The van der Waals surface area contributed by atoms with Gasteiger partial charge in [0.15, 0.2) is 0 Å². The molecule has 0 aliphatic carbocycles. The Labute approximate surface area is 227 Å². The van der Waals surface area contributed by atoms with Gasteiger partial charge in [0.05, 0.1) is 37.7 Å². The predicted octanol–water partition coefficient (Wildman–Crippen LogP) is 3.59. The van der Waals surface area contributed by atoms with Gasteiger partial charge in [0, 0.05) is 13.0 Å². The number of unbranched alkanes of at least 4 members (excludes halogenated alkanes) is 1. The molecule has 0 radical (unpaired) electrons. The van der Waals surface area contributed by atoms with Crippen LogP contribution in [0, 0.1) is 17.8 Å². The smallest absolute Gasteiger partial charge is 0.309 e. The summed E-state index contributed by atoms with van der Waals surface area (Å²) in [5.41, 5.74) is 1.08. The molecule has 0 spiro atoms. The van der Waals surface area contributed by atoms with Gasteiger partial charge in [0.1, 0.15) is 6.61 Å². The van der Waals surface area contributed by atoms with Crippen molar-refractivity contribution < 1.29 is 29.0 Å². The SMILES string of the molecule is C=CCCCC(Cc1ccccc1)C(=O)OCC(NC(=O)C(CC=C)CC(=O)NCCOCCO)C(C)C. The number of allylic oxidation sites excluding steroid dienone is 2. The number of esters is 1. The van der Waals surface area contributed by atoms with Crippen LogP contribution in [0.5, 0.6) is 0 Å². The molecule has 0 heterocycles. The lowest BCUT2D eigenvalue weighted by molar-refractivity contribution is -0.150. The Morgan fingerprint density at radius 3 is 2.42 bits per heavy atom. The number of carbonyl (C=O) groups is 3. The van der Waals surface area contributed by atoms with Crippen molar-refractivity contribution in [2.45, 2.75) is 58.4 Å². The monoisotopic (exact) mass is 530 g/mol. The molecule has 0 aliphatic heterocycles. The van der Waals surface area contributed by atoms with E-state index in [2.05, 4.69) is 23.8 Å². The van der Waals surface area contributed by atoms with Gasteiger partial charge in [-0.25, -0.2) is 0 Å². The molecular formula is C30H46N2O6. The zero-order valence-corrected chi connectivity index (χ0v) is 23.0. The lowest BCUT2D eigenvalue weighted by Crippen LogP contribution is -2.46. The molecule has 0 bridgehead atoms. The Morgan fingerprint density at radius 2 is 1.79 bits per heavy atom. The topological polar surface area (TPSA) is 114 Å². The van der Waals surface area contributed by atoms with Gasteiger partial charge in [0.2, 0.25) is 11.8 Å². The summed E-state index contributed by atoms with van der Waals surface area (Å²) in [6.45, 7) is 12.1. The van der Waals surface area contributed by atoms with E-state index in [1.807, 2.05) is 50.3 Å². The molecule has 3 unspecified atom stereocenters. The third kappa shape index (κ3) is 14.1. The van der Waals surface area contributed by atoms with E-state index in [1.54, 1.807) is 6.08 Å². The van der Waals surface area contributed by atoms with Crippen molar-refractivity contribution >= 4 is 17.8 Å². The average Bonchev–Trinajstić information content (AvgIpc) is 2.90. The van der Waals surface area contributed by atoms with Crippen LogP contribution in [0.25, 0.3) is 0 Å². The zero-order chi connectivity index (χ0) is 28.2. The quantitative estimate of drug-likeness (QED) is 0.127. The second-order valence-corrected chi connectivity index (χ2v) is 9.71. The van der Waals surface area contributed by atoms with Crippen molar-refractivity contribution in [3.05, 3.63) is 61.2 Å². The highest BCUT2D eigenvalue weighted by molar-refractivity contribution is 5.86. The highest BCUT2D eigenvalue weighted by Crippen LogP contribution is 2.18. The minimum Gasteiger partial charge on any atom is -0.463 e. The standard InChI is InChI=1S/C30H46N2O6/c1-5-7-9-15-26(20-24-13-10-8-11-14-24)30(36)38-22-27(23(3)4)32-29(35)25(12-6-2)21-28(34)31-16-18-37-19-17-33/h5-6,8,10-11,13-14,23,25-27,33H,1-2,7,9,12,15-22H2,3-4H3,(H,31,34)(H,32,35). The van der Waals surface area contributed by atoms with Gasteiger partial charge >= 0.3 is 5.97 Å². The van der Waals surface area contributed by atoms with Gasteiger partial charge in [-0.2, -0.15) is 0 Å². The summed E-state index contributed by atoms with van der Waals surface area (Å²) in [5.74, 6) is -1.68. The summed E-state index contributed by atoms with van der Waals surface area (Å²) in [6.07, 6.45) is 6.77. The number of rotatable bonds is 21. The first-order valence-electron chi connectivity index (χ1n) is 13.5. The molecule has 8 nitrogen and oxygen atoms in total. The molecule has 1 aromatic rings. The second kappa shape index (κ2) is 20.1. The molecule has 8 heteroatoms. The fraction of sp³-hybridized carbons (Fsp3) is 0.567. The highest BCUT2D eigenvalue weighted by Gasteiger charge is 2.27.